The minimum atomic E-state index is -4.45. The molecule has 0 heterocycles. The minimum Gasteiger partial charge on any atom is -0.484 e. The zero-order valence-corrected chi connectivity index (χ0v) is 9.30. The zero-order chi connectivity index (χ0) is 12.3. The molecule has 0 unspecified atom stereocenters. The lowest BCUT2D eigenvalue weighted by atomic mass is 10.2. The molecule has 0 amide bonds. The minimum absolute atomic E-state index is 0.147. The number of ether oxygens (including phenoxy) is 1. The van der Waals surface area contributed by atoms with Crippen LogP contribution in [0.4, 0.5) is 13.2 Å². The fraction of sp³-hybridized carbons (Fsp3) is 0.222. The SMILES string of the molecule is O=C(O)c1cc(Br)cc(OCC(F)(F)F)c1. The molecule has 0 spiro atoms. The lowest BCUT2D eigenvalue weighted by Gasteiger charge is -2.09. The Morgan fingerprint density at radius 1 is 1.38 bits per heavy atom. The van der Waals surface area contributed by atoms with Crippen molar-refractivity contribution in [2.75, 3.05) is 6.61 Å². The second-order valence-electron chi connectivity index (χ2n) is 2.88. The fourth-order valence-electron chi connectivity index (χ4n) is 0.935. The molecule has 3 nitrogen and oxygen atoms in total. The molecule has 0 aliphatic carbocycles. The third-order valence-electron chi connectivity index (χ3n) is 1.52. The second kappa shape index (κ2) is 4.73. The normalized spacial score (nSPS) is 11.2. The Hall–Kier alpha value is -1.24. The lowest BCUT2D eigenvalue weighted by molar-refractivity contribution is -0.153. The highest BCUT2D eigenvalue weighted by atomic mass is 79.9. The van der Waals surface area contributed by atoms with Gasteiger partial charge < -0.3 is 9.84 Å². The smallest absolute Gasteiger partial charge is 0.422 e. The van der Waals surface area contributed by atoms with E-state index in [1.54, 1.807) is 0 Å². The summed E-state index contributed by atoms with van der Waals surface area (Å²) in [6, 6.07) is 3.56. The summed E-state index contributed by atoms with van der Waals surface area (Å²) in [4.78, 5) is 10.6. The summed E-state index contributed by atoms with van der Waals surface area (Å²) in [5.41, 5.74) is -0.147. The van der Waals surface area contributed by atoms with E-state index in [1.165, 1.54) is 12.1 Å². The molecule has 0 atom stereocenters. The van der Waals surface area contributed by atoms with Crippen LogP contribution in [0, 0.1) is 0 Å². The summed E-state index contributed by atoms with van der Waals surface area (Å²) in [5.74, 6) is -1.39. The van der Waals surface area contributed by atoms with Crippen LogP contribution in [0.1, 0.15) is 10.4 Å². The Morgan fingerprint density at radius 2 is 2.00 bits per heavy atom. The molecule has 0 aliphatic rings. The van der Waals surface area contributed by atoms with Crippen molar-refractivity contribution in [2.24, 2.45) is 0 Å². The number of carboxylic acid groups (broad SMARTS) is 1. The molecule has 16 heavy (non-hydrogen) atoms. The molecule has 88 valence electrons. The monoisotopic (exact) mass is 298 g/mol. The number of benzene rings is 1. The van der Waals surface area contributed by atoms with Gasteiger partial charge in [-0.3, -0.25) is 0 Å². The average molecular weight is 299 g/mol. The van der Waals surface area contributed by atoms with E-state index >= 15 is 0 Å². The van der Waals surface area contributed by atoms with Crippen LogP contribution in [0.15, 0.2) is 22.7 Å². The Labute approximate surface area is 97.0 Å². The van der Waals surface area contributed by atoms with Crippen molar-refractivity contribution in [1.82, 2.24) is 0 Å². The summed E-state index contributed by atoms with van der Waals surface area (Å²) in [7, 11) is 0. The highest BCUT2D eigenvalue weighted by molar-refractivity contribution is 9.10. The van der Waals surface area contributed by atoms with E-state index in [-0.39, 0.29) is 11.3 Å². The van der Waals surface area contributed by atoms with Crippen LogP contribution in [-0.4, -0.2) is 23.9 Å². The molecule has 0 saturated carbocycles. The van der Waals surface area contributed by atoms with E-state index in [9.17, 15) is 18.0 Å². The van der Waals surface area contributed by atoms with Gasteiger partial charge in [0.25, 0.3) is 0 Å². The van der Waals surface area contributed by atoms with Gasteiger partial charge in [-0.2, -0.15) is 13.2 Å². The molecule has 1 rings (SSSR count). The first kappa shape index (κ1) is 12.8. The van der Waals surface area contributed by atoms with Gasteiger partial charge >= 0.3 is 12.1 Å². The van der Waals surface area contributed by atoms with Crippen LogP contribution in [0.3, 0.4) is 0 Å². The van der Waals surface area contributed by atoms with Crippen molar-refractivity contribution in [3.05, 3.63) is 28.2 Å². The summed E-state index contributed by atoms with van der Waals surface area (Å²) >= 11 is 2.98. The maximum absolute atomic E-state index is 11.8. The number of hydrogen-bond acceptors (Lipinski definition) is 2. The third-order valence-corrected chi connectivity index (χ3v) is 1.98. The van der Waals surface area contributed by atoms with Crippen molar-refractivity contribution in [3.63, 3.8) is 0 Å². The van der Waals surface area contributed by atoms with Crippen LogP contribution in [-0.2, 0) is 0 Å². The fourth-order valence-corrected chi connectivity index (χ4v) is 1.41. The van der Waals surface area contributed by atoms with Gasteiger partial charge in [0.1, 0.15) is 5.75 Å². The van der Waals surface area contributed by atoms with Crippen molar-refractivity contribution in [1.29, 1.82) is 0 Å². The van der Waals surface area contributed by atoms with Gasteiger partial charge in [-0.25, -0.2) is 4.79 Å². The maximum Gasteiger partial charge on any atom is 0.422 e. The molecule has 0 aliphatic heterocycles. The third kappa shape index (κ3) is 4.09. The number of rotatable bonds is 3. The largest absolute Gasteiger partial charge is 0.484 e. The first-order chi connectivity index (χ1) is 7.28. The number of aromatic carboxylic acids is 1. The second-order valence-corrected chi connectivity index (χ2v) is 3.80. The Bertz CT molecular complexity index is 403. The Kier molecular flexibility index (Phi) is 3.79. The number of alkyl halides is 3. The molecule has 0 saturated heterocycles. The van der Waals surface area contributed by atoms with Crippen LogP contribution in [0.25, 0.3) is 0 Å². The van der Waals surface area contributed by atoms with Crippen molar-refractivity contribution < 1.29 is 27.8 Å². The van der Waals surface area contributed by atoms with Gasteiger partial charge in [-0.05, 0) is 18.2 Å². The van der Waals surface area contributed by atoms with Crippen molar-refractivity contribution >= 4 is 21.9 Å². The molecular weight excluding hydrogens is 293 g/mol. The molecule has 0 fully saturated rings. The standard InChI is InChI=1S/C9H6BrF3O3/c10-6-1-5(8(14)15)2-7(3-6)16-4-9(11,12)13/h1-3H,4H2,(H,14,15). The van der Waals surface area contributed by atoms with Gasteiger partial charge in [0.15, 0.2) is 6.61 Å². The number of halogens is 4. The van der Waals surface area contributed by atoms with Crippen molar-refractivity contribution in [2.45, 2.75) is 6.18 Å². The van der Waals surface area contributed by atoms with Crippen LogP contribution < -0.4 is 4.74 Å². The molecule has 0 bridgehead atoms. The Morgan fingerprint density at radius 3 is 2.50 bits per heavy atom. The van der Waals surface area contributed by atoms with E-state index in [2.05, 4.69) is 20.7 Å². The van der Waals surface area contributed by atoms with Crippen LogP contribution in [0.5, 0.6) is 5.75 Å². The summed E-state index contributed by atoms with van der Waals surface area (Å²) in [6.07, 6.45) is -4.45. The van der Waals surface area contributed by atoms with Gasteiger partial charge in [-0.1, -0.05) is 15.9 Å². The quantitative estimate of drug-likeness (QED) is 0.933. The topological polar surface area (TPSA) is 46.5 Å². The highest BCUT2D eigenvalue weighted by Gasteiger charge is 2.28. The van der Waals surface area contributed by atoms with Crippen LogP contribution in [0.2, 0.25) is 0 Å². The van der Waals surface area contributed by atoms with Crippen molar-refractivity contribution in [3.8, 4) is 5.75 Å². The number of carboxylic acids is 1. The molecule has 7 heteroatoms. The molecule has 0 aromatic heterocycles. The first-order valence-corrected chi connectivity index (χ1v) is 4.81. The lowest BCUT2D eigenvalue weighted by Crippen LogP contribution is -2.19. The van der Waals surface area contributed by atoms with Gasteiger partial charge in [-0.15, -0.1) is 0 Å². The van der Waals surface area contributed by atoms with Crippen LogP contribution >= 0.6 is 15.9 Å². The number of carbonyl (C=O) groups is 1. The maximum atomic E-state index is 11.8. The number of hydrogen-bond donors (Lipinski definition) is 1. The molecule has 1 N–H and O–H groups in total. The van der Waals surface area contributed by atoms with Gasteiger partial charge in [0, 0.05) is 4.47 Å². The van der Waals surface area contributed by atoms with E-state index < -0.39 is 18.8 Å². The zero-order valence-electron chi connectivity index (χ0n) is 7.71. The molecule has 1 aromatic carbocycles. The van der Waals surface area contributed by atoms with Gasteiger partial charge in [0.05, 0.1) is 5.56 Å². The molecular formula is C9H6BrF3O3. The Balaban J connectivity index is 2.85. The highest BCUT2D eigenvalue weighted by Crippen LogP contribution is 2.24. The van der Waals surface area contributed by atoms with Gasteiger partial charge in [0.2, 0.25) is 0 Å². The summed E-state index contributed by atoms with van der Waals surface area (Å²) in [5, 5.41) is 8.66. The van der Waals surface area contributed by atoms with E-state index in [0.29, 0.717) is 4.47 Å². The predicted molar refractivity (Wildman–Crippen MR) is 52.7 cm³/mol. The average Bonchev–Trinajstić information content (AvgIpc) is 2.13. The van der Waals surface area contributed by atoms with E-state index in [1.807, 2.05) is 0 Å². The predicted octanol–water partition coefficient (Wildman–Crippen LogP) is 3.09. The van der Waals surface area contributed by atoms with E-state index in [4.69, 9.17) is 5.11 Å². The summed E-state index contributed by atoms with van der Waals surface area (Å²) in [6.45, 7) is -1.46. The summed E-state index contributed by atoms with van der Waals surface area (Å²) < 4.78 is 40.3. The molecule has 1 aromatic rings. The first-order valence-electron chi connectivity index (χ1n) is 4.01. The van der Waals surface area contributed by atoms with E-state index in [0.717, 1.165) is 6.07 Å². The molecule has 0 radical (unpaired) electrons.